The first-order valence-corrected chi connectivity index (χ1v) is 8.32. The van der Waals surface area contributed by atoms with Gasteiger partial charge < -0.3 is 9.88 Å². The third-order valence-corrected chi connectivity index (χ3v) is 4.32. The number of unbranched alkanes of at least 4 members (excludes halogenated alkanes) is 1. The van der Waals surface area contributed by atoms with Crippen molar-refractivity contribution in [3.63, 3.8) is 0 Å². The smallest absolute Gasteiger partial charge is 0.259 e. The van der Waals surface area contributed by atoms with Gasteiger partial charge in [0.15, 0.2) is 5.13 Å². The van der Waals surface area contributed by atoms with Crippen molar-refractivity contribution < 1.29 is 0 Å². The monoisotopic (exact) mass is 305 g/mol. The summed E-state index contributed by atoms with van der Waals surface area (Å²) in [5.74, 6) is 0.332. The van der Waals surface area contributed by atoms with Crippen molar-refractivity contribution >= 4 is 16.5 Å². The van der Waals surface area contributed by atoms with Crippen LogP contribution in [0.3, 0.4) is 0 Å². The van der Waals surface area contributed by atoms with Crippen LogP contribution < -0.4 is 10.9 Å². The number of hydrogen-bond acceptors (Lipinski definition) is 4. The molecule has 21 heavy (non-hydrogen) atoms. The lowest BCUT2D eigenvalue weighted by Crippen LogP contribution is -2.22. The number of thiazole rings is 1. The molecule has 2 rings (SSSR count). The Kier molecular flexibility index (Phi) is 5.17. The highest BCUT2D eigenvalue weighted by Gasteiger charge is 2.12. The van der Waals surface area contributed by atoms with Gasteiger partial charge in [-0.25, -0.2) is 4.98 Å². The number of aromatic nitrogens is 2. The van der Waals surface area contributed by atoms with Gasteiger partial charge in [-0.05, 0) is 24.5 Å². The second-order valence-corrected chi connectivity index (χ2v) is 6.37. The highest BCUT2D eigenvalue weighted by molar-refractivity contribution is 7.14. The van der Waals surface area contributed by atoms with Crippen LogP contribution in [0.4, 0.5) is 5.13 Å². The molecule has 0 saturated heterocycles. The molecule has 0 amide bonds. The van der Waals surface area contributed by atoms with E-state index in [4.69, 9.17) is 0 Å². The Labute approximate surface area is 129 Å². The molecule has 0 aliphatic heterocycles. The summed E-state index contributed by atoms with van der Waals surface area (Å²) >= 11 is 1.55. The van der Waals surface area contributed by atoms with Crippen LogP contribution in [-0.2, 0) is 7.05 Å². The highest BCUT2D eigenvalue weighted by atomic mass is 32.1. The fourth-order valence-electron chi connectivity index (χ4n) is 2.28. The first kappa shape index (κ1) is 15.8. The Morgan fingerprint density at radius 2 is 2.14 bits per heavy atom. The fourth-order valence-corrected chi connectivity index (χ4v) is 3.01. The van der Waals surface area contributed by atoms with E-state index in [2.05, 4.69) is 31.1 Å². The van der Waals surface area contributed by atoms with Gasteiger partial charge in [0.2, 0.25) is 0 Å². The van der Waals surface area contributed by atoms with E-state index in [9.17, 15) is 4.79 Å². The van der Waals surface area contributed by atoms with Gasteiger partial charge in [-0.3, -0.25) is 4.79 Å². The second kappa shape index (κ2) is 6.89. The van der Waals surface area contributed by atoms with Crippen LogP contribution in [0.25, 0.3) is 11.3 Å². The van der Waals surface area contributed by atoms with Crippen LogP contribution >= 0.6 is 11.3 Å². The van der Waals surface area contributed by atoms with E-state index in [0.29, 0.717) is 11.5 Å². The van der Waals surface area contributed by atoms with Gasteiger partial charge in [0.1, 0.15) is 0 Å². The van der Waals surface area contributed by atoms with Gasteiger partial charge in [-0.15, -0.1) is 11.3 Å². The summed E-state index contributed by atoms with van der Waals surface area (Å²) in [5, 5.41) is 6.13. The zero-order chi connectivity index (χ0) is 15.4. The van der Waals surface area contributed by atoms with Crippen LogP contribution in [0.2, 0.25) is 0 Å². The van der Waals surface area contributed by atoms with Crippen LogP contribution in [0.5, 0.6) is 0 Å². The lowest BCUT2D eigenvalue weighted by atomic mass is 10.1. The summed E-state index contributed by atoms with van der Waals surface area (Å²) in [5.41, 5.74) is 2.49. The highest BCUT2D eigenvalue weighted by Crippen LogP contribution is 2.23. The third kappa shape index (κ3) is 3.53. The Hall–Kier alpha value is -1.62. The molecule has 0 saturated carbocycles. The van der Waals surface area contributed by atoms with E-state index in [-0.39, 0.29) is 5.56 Å². The maximum absolute atomic E-state index is 12.5. The van der Waals surface area contributed by atoms with Crippen LogP contribution in [-0.4, -0.2) is 16.1 Å². The molecule has 5 heteroatoms. The Morgan fingerprint density at radius 3 is 2.81 bits per heavy atom. The quantitative estimate of drug-likeness (QED) is 0.825. The molecule has 114 valence electrons. The van der Waals surface area contributed by atoms with E-state index < -0.39 is 0 Å². The predicted octanol–water partition coefficient (Wildman–Crippen LogP) is 3.84. The van der Waals surface area contributed by atoms with Crippen molar-refractivity contribution in [1.29, 1.82) is 0 Å². The largest absolute Gasteiger partial charge is 0.362 e. The van der Waals surface area contributed by atoms with Crippen molar-refractivity contribution in [2.45, 2.75) is 39.5 Å². The molecule has 2 aromatic rings. The summed E-state index contributed by atoms with van der Waals surface area (Å²) in [6.07, 6.45) is 2.28. The van der Waals surface area contributed by atoms with Crippen LogP contribution in [0.1, 0.15) is 45.2 Å². The summed E-state index contributed by atoms with van der Waals surface area (Å²) in [4.78, 5) is 17.0. The average molecular weight is 305 g/mol. The zero-order valence-corrected chi connectivity index (χ0v) is 14.0. The molecule has 4 nitrogen and oxygen atoms in total. The van der Waals surface area contributed by atoms with Crippen molar-refractivity contribution in [3.8, 4) is 11.3 Å². The predicted molar refractivity (Wildman–Crippen MR) is 90.3 cm³/mol. The van der Waals surface area contributed by atoms with E-state index >= 15 is 0 Å². The molecular formula is C16H23N3OS. The molecule has 0 fully saturated rings. The molecule has 0 bridgehead atoms. The number of rotatable bonds is 6. The molecule has 0 unspecified atom stereocenters. The lowest BCUT2D eigenvalue weighted by Gasteiger charge is -2.12. The van der Waals surface area contributed by atoms with E-state index in [0.717, 1.165) is 35.9 Å². The van der Waals surface area contributed by atoms with Crippen molar-refractivity contribution in [2.75, 3.05) is 11.9 Å². The minimum Gasteiger partial charge on any atom is -0.362 e. The maximum Gasteiger partial charge on any atom is 0.259 e. The number of nitrogens with zero attached hydrogens (tertiary/aromatic N) is 2. The number of hydrogen-bond donors (Lipinski definition) is 1. The van der Waals surface area contributed by atoms with Gasteiger partial charge in [0.05, 0.1) is 11.3 Å². The van der Waals surface area contributed by atoms with Gasteiger partial charge in [0.25, 0.3) is 5.56 Å². The van der Waals surface area contributed by atoms with Gasteiger partial charge in [-0.1, -0.05) is 27.2 Å². The van der Waals surface area contributed by atoms with Crippen molar-refractivity contribution in [1.82, 2.24) is 9.55 Å². The minimum atomic E-state index is 0.0200. The van der Waals surface area contributed by atoms with E-state index in [1.807, 2.05) is 24.6 Å². The summed E-state index contributed by atoms with van der Waals surface area (Å²) < 4.78 is 1.73. The van der Waals surface area contributed by atoms with E-state index in [1.54, 1.807) is 15.9 Å². The Bertz CT molecular complexity index is 658. The standard InChI is InChI=1S/C16H23N3OS/c1-5-6-9-17-16-18-13(10-21-16)12-7-8-14(11(2)3)19(4)15(12)20/h7-8,10-11H,5-6,9H2,1-4H3,(H,17,18). The normalized spacial score (nSPS) is 11.1. The molecule has 0 aliphatic carbocycles. The topological polar surface area (TPSA) is 46.9 Å². The molecule has 2 aromatic heterocycles. The SMILES string of the molecule is CCCCNc1nc(-c2ccc(C(C)C)n(C)c2=O)cs1. The fraction of sp³-hybridized carbons (Fsp3) is 0.500. The molecule has 2 heterocycles. The van der Waals surface area contributed by atoms with Gasteiger partial charge >= 0.3 is 0 Å². The minimum absolute atomic E-state index is 0.0200. The van der Waals surface area contributed by atoms with Gasteiger partial charge in [0, 0.05) is 24.7 Å². The molecule has 0 aliphatic rings. The Morgan fingerprint density at radius 1 is 1.38 bits per heavy atom. The number of nitrogens with one attached hydrogen (secondary N) is 1. The van der Waals surface area contributed by atoms with Gasteiger partial charge in [-0.2, -0.15) is 0 Å². The van der Waals surface area contributed by atoms with E-state index in [1.165, 1.54) is 0 Å². The average Bonchev–Trinajstić information content (AvgIpc) is 2.90. The molecule has 0 radical (unpaired) electrons. The van der Waals surface area contributed by atoms with Crippen molar-refractivity contribution in [3.05, 3.63) is 33.6 Å². The first-order valence-electron chi connectivity index (χ1n) is 7.44. The number of anilines is 1. The zero-order valence-electron chi connectivity index (χ0n) is 13.1. The van der Waals surface area contributed by atoms with Crippen LogP contribution in [0, 0.1) is 0 Å². The molecular weight excluding hydrogens is 282 g/mol. The lowest BCUT2D eigenvalue weighted by molar-refractivity contribution is 0.708. The summed E-state index contributed by atoms with van der Waals surface area (Å²) in [6.45, 7) is 7.27. The Balaban J connectivity index is 2.27. The summed E-state index contributed by atoms with van der Waals surface area (Å²) in [7, 11) is 1.83. The molecule has 0 spiro atoms. The molecule has 0 aromatic carbocycles. The molecule has 1 N–H and O–H groups in total. The molecule has 0 atom stereocenters. The summed E-state index contributed by atoms with van der Waals surface area (Å²) in [6, 6.07) is 3.91. The van der Waals surface area contributed by atoms with Crippen LogP contribution in [0.15, 0.2) is 22.3 Å². The maximum atomic E-state index is 12.5. The first-order chi connectivity index (χ1) is 10.0. The number of pyridine rings is 1. The van der Waals surface area contributed by atoms with Crippen molar-refractivity contribution in [2.24, 2.45) is 7.05 Å². The second-order valence-electron chi connectivity index (χ2n) is 5.51. The third-order valence-electron chi connectivity index (χ3n) is 3.52.